The van der Waals surface area contributed by atoms with Gasteiger partial charge in [-0.1, -0.05) is 17.5 Å². The van der Waals surface area contributed by atoms with Crippen molar-refractivity contribution in [2.75, 3.05) is 56.8 Å². The van der Waals surface area contributed by atoms with Crippen molar-refractivity contribution in [2.45, 2.75) is 6.18 Å². The second kappa shape index (κ2) is 16.9. The minimum absolute atomic E-state index is 0.0803. The van der Waals surface area contributed by atoms with Crippen LogP contribution in [0.15, 0.2) is 60.8 Å². The van der Waals surface area contributed by atoms with E-state index < -0.39 is 28.7 Å². The van der Waals surface area contributed by atoms with Crippen molar-refractivity contribution in [3.63, 3.8) is 0 Å². The maximum absolute atomic E-state index is 13.0. The zero-order valence-electron chi connectivity index (χ0n) is 22.7. The number of amides is 3. The second-order valence-electron chi connectivity index (χ2n) is 8.51. The summed E-state index contributed by atoms with van der Waals surface area (Å²) in [7, 11) is 0. The van der Waals surface area contributed by atoms with Crippen LogP contribution < -0.4 is 20.7 Å². The summed E-state index contributed by atoms with van der Waals surface area (Å²) in [5, 5.41) is 7.07. The first-order valence-electron chi connectivity index (χ1n) is 12.8. The number of nitrogens with zero attached hydrogens (tertiary/aromatic N) is 1. The Morgan fingerprint density at radius 2 is 1.51 bits per heavy atom. The highest BCUT2D eigenvalue weighted by Crippen LogP contribution is 2.36. The SMILES string of the molecule is C#CCOCCOCCOCCNC(=O)c1cc(Oc2ccc(NC(=O)Nc3ccc(Cl)c(C(F)(F)F)c3)cc2)ccn1. The normalized spacial score (nSPS) is 11.0. The molecule has 3 aromatic rings. The van der Waals surface area contributed by atoms with Crippen LogP contribution in [0.2, 0.25) is 5.02 Å². The van der Waals surface area contributed by atoms with E-state index in [0.717, 1.165) is 12.1 Å². The Morgan fingerprint density at radius 1 is 0.860 bits per heavy atom. The predicted octanol–water partition coefficient (Wildman–Crippen LogP) is 5.60. The fourth-order valence-electron chi connectivity index (χ4n) is 3.35. The maximum atomic E-state index is 13.0. The van der Waals surface area contributed by atoms with Gasteiger partial charge < -0.3 is 34.9 Å². The molecule has 0 spiro atoms. The van der Waals surface area contributed by atoms with Crippen LogP contribution in [0, 0.1) is 12.3 Å². The quantitative estimate of drug-likeness (QED) is 0.149. The molecule has 10 nitrogen and oxygen atoms in total. The van der Waals surface area contributed by atoms with Gasteiger partial charge in [0.1, 0.15) is 23.8 Å². The number of terminal acetylenes is 1. The van der Waals surface area contributed by atoms with Crippen molar-refractivity contribution in [2.24, 2.45) is 0 Å². The van der Waals surface area contributed by atoms with Crippen LogP contribution in [0.1, 0.15) is 16.1 Å². The number of nitrogens with one attached hydrogen (secondary N) is 3. The zero-order valence-corrected chi connectivity index (χ0v) is 23.5. The van der Waals surface area contributed by atoms with Gasteiger partial charge in [0, 0.05) is 30.2 Å². The Morgan fingerprint density at radius 3 is 2.21 bits per heavy atom. The fraction of sp³-hybridized carbons (Fsp3) is 0.276. The molecule has 14 heteroatoms. The molecule has 3 rings (SSSR count). The largest absolute Gasteiger partial charge is 0.457 e. The molecule has 228 valence electrons. The molecule has 0 bridgehead atoms. The number of pyridine rings is 1. The Balaban J connectivity index is 1.41. The molecule has 3 amide bonds. The van der Waals surface area contributed by atoms with E-state index in [1.165, 1.54) is 30.5 Å². The van der Waals surface area contributed by atoms with Gasteiger partial charge in [-0.2, -0.15) is 13.2 Å². The van der Waals surface area contributed by atoms with E-state index in [1.54, 1.807) is 18.2 Å². The van der Waals surface area contributed by atoms with E-state index in [4.69, 9.17) is 37.0 Å². The highest BCUT2D eigenvalue weighted by Gasteiger charge is 2.33. The topological polar surface area (TPSA) is 120 Å². The van der Waals surface area contributed by atoms with Crippen LogP contribution in [0.25, 0.3) is 0 Å². The number of carbonyl (C=O) groups excluding carboxylic acids is 2. The van der Waals surface area contributed by atoms with E-state index in [9.17, 15) is 22.8 Å². The third-order valence-electron chi connectivity index (χ3n) is 5.30. The smallest absolute Gasteiger partial charge is 0.417 e. The molecule has 0 fully saturated rings. The second-order valence-corrected chi connectivity index (χ2v) is 8.92. The lowest BCUT2D eigenvalue weighted by molar-refractivity contribution is -0.137. The van der Waals surface area contributed by atoms with Gasteiger partial charge in [-0.15, -0.1) is 6.42 Å². The van der Waals surface area contributed by atoms with Crippen LogP contribution in [-0.2, 0) is 20.4 Å². The van der Waals surface area contributed by atoms with E-state index in [2.05, 4.69) is 26.9 Å². The van der Waals surface area contributed by atoms with Gasteiger partial charge in [-0.05, 0) is 48.5 Å². The van der Waals surface area contributed by atoms with Crippen molar-refractivity contribution >= 4 is 34.9 Å². The number of urea groups is 1. The first kappa shape index (κ1) is 33.2. The minimum Gasteiger partial charge on any atom is -0.457 e. The molecule has 3 N–H and O–H groups in total. The van der Waals surface area contributed by atoms with Crippen LogP contribution in [-0.4, -0.2) is 63.1 Å². The maximum Gasteiger partial charge on any atom is 0.417 e. The van der Waals surface area contributed by atoms with Crippen molar-refractivity contribution in [3.05, 3.63) is 77.1 Å². The first-order valence-corrected chi connectivity index (χ1v) is 13.2. The number of rotatable bonds is 15. The molecular weight excluding hydrogens is 593 g/mol. The lowest BCUT2D eigenvalue weighted by atomic mass is 10.2. The molecule has 1 aromatic heterocycles. The highest BCUT2D eigenvalue weighted by molar-refractivity contribution is 6.31. The van der Waals surface area contributed by atoms with Gasteiger partial charge in [0.15, 0.2) is 0 Å². The molecule has 0 aliphatic rings. The molecule has 1 heterocycles. The van der Waals surface area contributed by atoms with Gasteiger partial charge in [-0.25, -0.2) is 4.79 Å². The van der Waals surface area contributed by atoms with E-state index in [-0.39, 0.29) is 31.1 Å². The Bertz CT molecular complexity index is 1400. The van der Waals surface area contributed by atoms with Gasteiger partial charge in [0.25, 0.3) is 5.91 Å². The average molecular weight is 621 g/mol. The first-order chi connectivity index (χ1) is 20.7. The lowest BCUT2D eigenvalue weighted by Crippen LogP contribution is -2.28. The molecule has 0 atom stereocenters. The number of aromatic nitrogens is 1. The number of ether oxygens (including phenoxy) is 4. The predicted molar refractivity (Wildman–Crippen MR) is 153 cm³/mol. The summed E-state index contributed by atoms with van der Waals surface area (Å²) in [5.41, 5.74) is -0.648. The molecular formula is C29H28ClF3N4O6. The minimum atomic E-state index is -4.66. The van der Waals surface area contributed by atoms with Crippen LogP contribution in [0.5, 0.6) is 11.5 Å². The van der Waals surface area contributed by atoms with E-state index in [0.29, 0.717) is 43.6 Å². The number of hydrogen-bond donors (Lipinski definition) is 3. The fourth-order valence-corrected chi connectivity index (χ4v) is 3.58. The molecule has 43 heavy (non-hydrogen) atoms. The summed E-state index contributed by atoms with van der Waals surface area (Å²) in [6, 6.07) is 11.5. The molecule has 0 aliphatic heterocycles. The van der Waals surface area contributed by atoms with Crippen molar-refractivity contribution in [1.29, 1.82) is 0 Å². The van der Waals surface area contributed by atoms with Gasteiger partial charge >= 0.3 is 12.2 Å². The Kier molecular flexibility index (Phi) is 13.1. The summed E-state index contributed by atoms with van der Waals surface area (Å²) in [4.78, 5) is 28.7. The number of hydrogen-bond acceptors (Lipinski definition) is 7. The van der Waals surface area contributed by atoms with Gasteiger partial charge in [-0.3, -0.25) is 9.78 Å². The molecule has 0 aliphatic carbocycles. The third kappa shape index (κ3) is 11.8. The van der Waals surface area contributed by atoms with Crippen LogP contribution >= 0.6 is 11.6 Å². The van der Waals surface area contributed by atoms with Crippen molar-refractivity contribution in [3.8, 4) is 23.8 Å². The van der Waals surface area contributed by atoms with Crippen molar-refractivity contribution in [1.82, 2.24) is 10.3 Å². The monoisotopic (exact) mass is 620 g/mol. The molecule has 0 unspecified atom stereocenters. The summed E-state index contributed by atoms with van der Waals surface area (Å²) in [5.74, 6) is 2.69. The van der Waals surface area contributed by atoms with Crippen LogP contribution in [0.4, 0.5) is 29.3 Å². The highest BCUT2D eigenvalue weighted by atomic mass is 35.5. The lowest BCUT2D eigenvalue weighted by Gasteiger charge is -2.12. The number of alkyl halides is 3. The summed E-state index contributed by atoms with van der Waals surface area (Å²) in [6.07, 6.45) is 1.83. The number of halogens is 4. The number of anilines is 2. The van der Waals surface area contributed by atoms with Gasteiger partial charge in [0.05, 0.1) is 43.6 Å². The third-order valence-corrected chi connectivity index (χ3v) is 5.63. The summed E-state index contributed by atoms with van der Waals surface area (Å²) < 4.78 is 60.7. The number of carbonyl (C=O) groups is 2. The molecule has 2 aromatic carbocycles. The average Bonchev–Trinajstić information content (AvgIpc) is 2.97. The molecule has 0 saturated carbocycles. The summed E-state index contributed by atoms with van der Waals surface area (Å²) >= 11 is 5.60. The summed E-state index contributed by atoms with van der Waals surface area (Å²) in [6.45, 7) is 2.35. The Labute approximate surface area is 250 Å². The standard InChI is InChI=1S/C29H28ClF3N4O6/c1-2-12-40-14-16-42-17-15-41-13-11-35-27(38)26-19-23(9-10-34-26)43-22-6-3-20(4-7-22)36-28(39)37-21-5-8-25(30)24(18-21)29(31,32)33/h1,3-10,18-19H,11-17H2,(H,35,38)(H2,36,37,39). The van der Waals surface area contributed by atoms with E-state index in [1.807, 2.05) is 0 Å². The zero-order chi connectivity index (χ0) is 31.1. The number of benzene rings is 2. The molecule has 0 saturated heterocycles. The van der Waals surface area contributed by atoms with E-state index >= 15 is 0 Å². The molecule has 0 radical (unpaired) electrons. The van der Waals surface area contributed by atoms with Crippen molar-refractivity contribution < 1.29 is 41.7 Å². The Hall–Kier alpha value is -4.35. The van der Waals surface area contributed by atoms with Crippen LogP contribution in [0.3, 0.4) is 0 Å². The van der Waals surface area contributed by atoms with Gasteiger partial charge in [0.2, 0.25) is 0 Å².